The number of hydrogen-bond donors (Lipinski definition) is 2. The Kier molecular flexibility index (Phi) is 8.27. The van der Waals surface area contributed by atoms with Crippen LogP contribution in [0, 0.1) is 6.92 Å². The van der Waals surface area contributed by atoms with Crippen molar-refractivity contribution in [3.05, 3.63) is 71.8 Å². The number of likely N-dealkylation sites (tertiary alicyclic amines) is 1. The summed E-state index contributed by atoms with van der Waals surface area (Å²) in [5.74, 6) is 0.963. The monoisotopic (exact) mass is 614 g/mol. The number of anilines is 3. The van der Waals surface area contributed by atoms with Crippen molar-refractivity contribution in [1.29, 1.82) is 0 Å². The lowest BCUT2D eigenvalue weighted by Gasteiger charge is -2.17. The van der Waals surface area contributed by atoms with Gasteiger partial charge < -0.3 is 24.8 Å². The van der Waals surface area contributed by atoms with E-state index in [1.54, 1.807) is 36.1 Å². The number of nitrogens with one attached hydrogen (secondary N) is 2. The second kappa shape index (κ2) is 12.4. The average Bonchev–Trinajstić information content (AvgIpc) is 3.66. The van der Waals surface area contributed by atoms with Crippen LogP contribution in [-0.4, -0.2) is 59.6 Å². The quantitative estimate of drug-likeness (QED) is 0.170. The molecule has 1 amide bonds. The van der Waals surface area contributed by atoms with Crippen LogP contribution in [0.5, 0.6) is 23.0 Å². The van der Waals surface area contributed by atoms with Gasteiger partial charge in [0.15, 0.2) is 5.83 Å². The number of carbonyl (C=O) groups excluding carboxylic acids is 1. The van der Waals surface area contributed by atoms with E-state index in [1.807, 2.05) is 49.2 Å². The lowest BCUT2D eigenvalue weighted by molar-refractivity contribution is -0.114. The number of fused-ring (bicyclic) bond motifs is 2. The number of halogens is 1. The maximum atomic E-state index is 14.9. The van der Waals surface area contributed by atoms with E-state index in [0.29, 0.717) is 45.4 Å². The molecule has 1 fully saturated rings. The Morgan fingerprint density at radius 1 is 1.02 bits per heavy atom. The van der Waals surface area contributed by atoms with Gasteiger partial charge in [0.1, 0.15) is 35.1 Å². The summed E-state index contributed by atoms with van der Waals surface area (Å²) in [6.45, 7) is 2.81. The van der Waals surface area contributed by atoms with E-state index >= 15 is 0 Å². The standard InChI is InChI=1S/C32H31FN6O4S/c1-18-10-25(29(42-4)15-27(18)43-20-7-8-23-30(12-20)44-17-36-23)37-31-21-13-26(28(41-3)14-24(21)34-16-35-31)38-32(40)22(33)11-19-6-5-9-39(19)2/h7-8,10-17,19H,5-6,9H2,1-4H3,(H,38,40)(H,34,35,37)/b22-11-. The highest BCUT2D eigenvalue weighted by Gasteiger charge is 2.22. The first-order valence-electron chi connectivity index (χ1n) is 14.0. The normalized spacial score (nSPS) is 15.5. The molecule has 1 saturated heterocycles. The van der Waals surface area contributed by atoms with Crippen molar-refractivity contribution in [1.82, 2.24) is 19.9 Å². The van der Waals surface area contributed by atoms with Gasteiger partial charge in [-0.25, -0.2) is 19.3 Å². The molecule has 1 atom stereocenters. The molecule has 226 valence electrons. The summed E-state index contributed by atoms with van der Waals surface area (Å²) in [4.78, 5) is 28.0. The molecule has 0 spiro atoms. The van der Waals surface area contributed by atoms with Crippen LogP contribution in [0.2, 0.25) is 0 Å². The van der Waals surface area contributed by atoms with E-state index < -0.39 is 11.7 Å². The van der Waals surface area contributed by atoms with E-state index in [9.17, 15) is 9.18 Å². The number of likely N-dealkylation sites (N-methyl/N-ethyl adjacent to an activating group) is 1. The van der Waals surface area contributed by atoms with Gasteiger partial charge in [-0.2, -0.15) is 0 Å². The zero-order valence-electron chi connectivity index (χ0n) is 24.7. The van der Waals surface area contributed by atoms with Crippen LogP contribution in [0.1, 0.15) is 18.4 Å². The van der Waals surface area contributed by atoms with Gasteiger partial charge in [0.25, 0.3) is 5.91 Å². The van der Waals surface area contributed by atoms with Gasteiger partial charge in [-0.15, -0.1) is 11.3 Å². The van der Waals surface area contributed by atoms with E-state index in [4.69, 9.17) is 14.2 Å². The highest BCUT2D eigenvalue weighted by Crippen LogP contribution is 2.39. The molecule has 3 heterocycles. The molecule has 2 aromatic heterocycles. The van der Waals surface area contributed by atoms with E-state index in [2.05, 4.69) is 25.6 Å². The number of carbonyl (C=O) groups is 1. The predicted octanol–water partition coefficient (Wildman–Crippen LogP) is 6.99. The fraction of sp³-hybridized carbons (Fsp3) is 0.250. The van der Waals surface area contributed by atoms with Crippen molar-refractivity contribution in [2.45, 2.75) is 25.8 Å². The van der Waals surface area contributed by atoms with Gasteiger partial charge in [-0.1, -0.05) is 0 Å². The predicted molar refractivity (Wildman–Crippen MR) is 170 cm³/mol. The van der Waals surface area contributed by atoms with Gasteiger partial charge in [-0.3, -0.25) is 9.69 Å². The number of nitrogens with zero attached hydrogens (tertiary/aromatic N) is 4. The first-order chi connectivity index (χ1) is 21.3. The lowest BCUT2D eigenvalue weighted by atomic mass is 10.1. The number of amides is 1. The number of benzene rings is 3. The molecule has 2 N–H and O–H groups in total. The van der Waals surface area contributed by atoms with E-state index in [-0.39, 0.29) is 11.7 Å². The molecular weight excluding hydrogens is 583 g/mol. The summed E-state index contributed by atoms with van der Waals surface area (Å²) in [6.07, 6.45) is 4.56. The number of rotatable bonds is 9. The number of hydrogen-bond acceptors (Lipinski definition) is 10. The van der Waals surface area contributed by atoms with Gasteiger partial charge >= 0.3 is 0 Å². The van der Waals surface area contributed by atoms with Crippen LogP contribution in [0.3, 0.4) is 0 Å². The molecule has 0 saturated carbocycles. The maximum Gasteiger partial charge on any atom is 0.284 e. The van der Waals surface area contributed by atoms with Crippen LogP contribution < -0.4 is 24.8 Å². The molecule has 44 heavy (non-hydrogen) atoms. The molecule has 10 nitrogen and oxygen atoms in total. The van der Waals surface area contributed by atoms with Crippen molar-refractivity contribution < 1.29 is 23.4 Å². The van der Waals surface area contributed by atoms with Gasteiger partial charge in [-0.05, 0) is 69.3 Å². The van der Waals surface area contributed by atoms with E-state index in [0.717, 1.165) is 35.2 Å². The van der Waals surface area contributed by atoms with Crippen molar-refractivity contribution in [2.24, 2.45) is 0 Å². The Labute approximate surface area is 257 Å². The third-order valence-corrected chi connectivity index (χ3v) is 8.41. The van der Waals surface area contributed by atoms with Gasteiger partial charge in [0.05, 0.1) is 46.8 Å². The molecule has 6 rings (SSSR count). The van der Waals surface area contributed by atoms with Crippen LogP contribution in [0.4, 0.5) is 21.6 Å². The Hall–Kier alpha value is -4.81. The average molecular weight is 615 g/mol. The molecule has 0 radical (unpaired) electrons. The van der Waals surface area contributed by atoms with Crippen molar-refractivity contribution >= 4 is 55.6 Å². The van der Waals surface area contributed by atoms with Crippen LogP contribution in [-0.2, 0) is 4.79 Å². The zero-order valence-corrected chi connectivity index (χ0v) is 25.5. The Morgan fingerprint density at radius 2 is 1.84 bits per heavy atom. The van der Waals surface area contributed by atoms with Gasteiger partial charge in [0, 0.05) is 29.6 Å². The molecule has 0 bridgehead atoms. The molecule has 3 aromatic carbocycles. The minimum absolute atomic E-state index is 0.110. The summed E-state index contributed by atoms with van der Waals surface area (Å²) in [5.41, 5.74) is 5.09. The van der Waals surface area contributed by atoms with Crippen LogP contribution in [0.15, 0.2) is 66.2 Å². The number of ether oxygens (including phenoxy) is 3. The molecular formula is C32H31FN6O4S. The third-order valence-electron chi connectivity index (χ3n) is 7.62. The van der Waals surface area contributed by atoms with Crippen LogP contribution in [0.25, 0.3) is 21.1 Å². The zero-order chi connectivity index (χ0) is 30.8. The fourth-order valence-corrected chi connectivity index (χ4v) is 5.93. The highest BCUT2D eigenvalue weighted by molar-refractivity contribution is 7.16. The molecule has 5 aromatic rings. The minimum Gasteiger partial charge on any atom is -0.494 e. The number of methoxy groups -OCH3 is 2. The Morgan fingerprint density at radius 3 is 2.61 bits per heavy atom. The second-order valence-corrected chi connectivity index (χ2v) is 11.4. The van der Waals surface area contributed by atoms with Crippen molar-refractivity contribution in [3.63, 3.8) is 0 Å². The first kappa shape index (κ1) is 29.3. The minimum atomic E-state index is -0.850. The number of aromatic nitrogens is 3. The lowest BCUT2D eigenvalue weighted by Crippen LogP contribution is -2.24. The van der Waals surface area contributed by atoms with Crippen LogP contribution >= 0.6 is 11.3 Å². The SMILES string of the molecule is COc1cc2ncnc(Nc3cc(C)c(Oc4ccc5ncsc5c4)cc3OC)c2cc1NC(=O)/C(F)=C/C1CCCN1C. The Balaban J connectivity index is 1.28. The molecule has 1 aliphatic heterocycles. The highest BCUT2D eigenvalue weighted by atomic mass is 32.1. The Bertz CT molecular complexity index is 1890. The first-order valence-corrected chi connectivity index (χ1v) is 14.9. The molecule has 1 aliphatic rings. The molecule has 12 heteroatoms. The molecule has 0 aliphatic carbocycles. The third kappa shape index (κ3) is 5.99. The summed E-state index contributed by atoms with van der Waals surface area (Å²) in [5, 5.41) is 6.57. The largest absolute Gasteiger partial charge is 0.494 e. The maximum absolute atomic E-state index is 14.9. The summed E-state index contributed by atoms with van der Waals surface area (Å²) in [7, 11) is 4.97. The van der Waals surface area contributed by atoms with Crippen molar-refractivity contribution in [2.75, 3.05) is 38.4 Å². The molecule has 1 unspecified atom stereocenters. The second-order valence-electron chi connectivity index (χ2n) is 10.5. The van der Waals surface area contributed by atoms with Gasteiger partial charge in [0.2, 0.25) is 0 Å². The van der Waals surface area contributed by atoms with E-state index in [1.165, 1.54) is 19.5 Å². The smallest absolute Gasteiger partial charge is 0.284 e. The fourth-order valence-electron chi connectivity index (χ4n) is 5.22. The summed E-state index contributed by atoms with van der Waals surface area (Å²) < 4.78 is 33.3. The topological polar surface area (TPSA) is 111 Å². The summed E-state index contributed by atoms with van der Waals surface area (Å²) >= 11 is 1.55. The number of aryl methyl sites for hydroxylation is 1. The van der Waals surface area contributed by atoms with Crippen molar-refractivity contribution in [3.8, 4) is 23.0 Å². The number of thiazole rings is 1. The summed E-state index contributed by atoms with van der Waals surface area (Å²) in [6, 6.07) is 12.7.